The standard InChI is InChI=1S/C20H27NO2/c1-16-20(17-10-5-6-12-19(17)23-16)18(22)11-4-2-7-13-21-14-8-3-9-15-21/h5-6,10,12H,2-4,7-9,11,13-15H2,1H3. The number of likely N-dealkylation sites (tertiary alicyclic amines) is 1. The highest BCUT2D eigenvalue weighted by Gasteiger charge is 2.17. The summed E-state index contributed by atoms with van der Waals surface area (Å²) in [5.41, 5.74) is 1.61. The van der Waals surface area contributed by atoms with Crippen LogP contribution in [0.4, 0.5) is 0 Å². The third-order valence-corrected chi connectivity index (χ3v) is 4.88. The van der Waals surface area contributed by atoms with Crippen molar-refractivity contribution in [2.24, 2.45) is 0 Å². The van der Waals surface area contributed by atoms with E-state index in [1.54, 1.807) is 0 Å². The maximum absolute atomic E-state index is 12.5. The van der Waals surface area contributed by atoms with Crippen molar-refractivity contribution in [3.8, 4) is 0 Å². The van der Waals surface area contributed by atoms with Gasteiger partial charge in [-0.15, -0.1) is 0 Å². The molecule has 0 bridgehead atoms. The summed E-state index contributed by atoms with van der Waals surface area (Å²) < 4.78 is 5.70. The van der Waals surface area contributed by atoms with E-state index in [0.717, 1.165) is 35.1 Å². The first-order valence-electron chi connectivity index (χ1n) is 8.99. The van der Waals surface area contributed by atoms with Crippen LogP contribution in [0.15, 0.2) is 28.7 Å². The predicted octanol–water partition coefficient (Wildman–Crippen LogP) is 4.97. The summed E-state index contributed by atoms with van der Waals surface area (Å²) in [5.74, 6) is 0.981. The zero-order valence-corrected chi connectivity index (χ0v) is 14.1. The Morgan fingerprint density at radius 3 is 2.70 bits per heavy atom. The molecule has 1 aliphatic heterocycles. The van der Waals surface area contributed by atoms with Crippen molar-refractivity contribution in [3.63, 3.8) is 0 Å². The fourth-order valence-corrected chi connectivity index (χ4v) is 3.62. The van der Waals surface area contributed by atoms with E-state index >= 15 is 0 Å². The minimum Gasteiger partial charge on any atom is -0.461 e. The van der Waals surface area contributed by atoms with Crippen LogP contribution in [0.25, 0.3) is 11.0 Å². The number of furan rings is 1. The number of piperidine rings is 1. The number of hydrogen-bond acceptors (Lipinski definition) is 3. The van der Waals surface area contributed by atoms with Crippen molar-refractivity contribution in [1.82, 2.24) is 4.90 Å². The van der Waals surface area contributed by atoms with Crippen LogP contribution < -0.4 is 0 Å². The molecule has 0 spiro atoms. The van der Waals surface area contributed by atoms with Crippen LogP contribution in [-0.2, 0) is 0 Å². The first-order chi connectivity index (χ1) is 11.3. The number of rotatable bonds is 7. The van der Waals surface area contributed by atoms with Crippen molar-refractivity contribution in [2.75, 3.05) is 19.6 Å². The van der Waals surface area contributed by atoms with Gasteiger partial charge in [-0.2, -0.15) is 0 Å². The molecule has 124 valence electrons. The smallest absolute Gasteiger partial charge is 0.167 e. The third-order valence-electron chi connectivity index (χ3n) is 4.88. The molecule has 1 aromatic carbocycles. The normalized spacial score (nSPS) is 16.0. The van der Waals surface area contributed by atoms with Crippen LogP contribution in [0, 0.1) is 6.92 Å². The van der Waals surface area contributed by atoms with Crippen LogP contribution in [0.2, 0.25) is 0 Å². The molecular weight excluding hydrogens is 286 g/mol. The Morgan fingerprint density at radius 2 is 1.87 bits per heavy atom. The topological polar surface area (TPSA) is 33.5 Å². The van der Waals surface area contributed by atoms with Crippen LogP contribution in [-0.4, -0.2) is 30.3 Å². The average molecular weight is 313 g/mol. The summed E-state index contributed by atoms with van der Waals surface area (Å²) in [7, 11) is 0. The molecule has 1 aromatic heterocycles. The van der Waals surface area contributed by atoms with Gasteiger partial charge in [-0.05, 0) is 58.3 Å². The molecule has 0 aliphatic carbocycles. The number of carbonyl (C=O) groups is 1. The Balaban J connectivity index is 1.46. The Bertz CT molecular complexity index is 653. The number of benzene rings is 1. The van der Waals surface area contributed by atoms with Crippen molar-refractivity contribution in [1.29, 1.82) is 0 Å². The van der Waals surface area contributed by atoms with E-state index in [-0.39, 0.29) is 5.78 Å². The second-order valence-electron chi connectivity index (χ2n) is 6.67. The lowest BCUT2D eigenvalue weighted by Crippen LogP contribution is -2.30. The molecule has 2 aromatic rings. The number of carbonyl (C=O) groups excluding carboxylic acids is 1. The van der Waals surface area contributed by atoms with Gasteiger partial charge in [-0.1, -0.05) is 31.0 Å². The van der Waals surface area contributed by atoms with E-state index in [1.165, 1.54) is 45.3 Å². The van der Waals surface area contributed by atoms with E-state index in [1.807, 2.05) is 31.2 Å². The second-order valence-corrected chi connectivity index (χ2v) is 6.67. The molecule has 3 rings (SSSR count). The van der Waals surface area contributed by atoms with Gasteiger partial charge in [-0.3, -0.25) is 4.79 Å². The van der Waals surface area contributed by atoms with E-state index in [4.69, 9.17) is 4.42 Å². The number of nitrogens with zero attached hydrogens (tertiary/aromatic N) is 1. The molecule has 0 amide bonds. The van der Waals surface area contributed by atoms with E-state index < -0.39 is 0 Å². The van der Waals surface area contributed by atoms with Crippen molar-refractivity contribution < 1.29 is 9.21 Å². The fraction of sp³-hybridized carbons (Fsp3) is 0.550. The van der Waals surface area contributed by atoms with Crippen LogP contribution >= 0.6 is 0 Å². The highest BCUT2D eigenvalue weighted by molar-refractivity contribution is 6.08. The summed E-state index contributed by atoms with van der Waals surface area (Å²) in [6.07, 6.45) is 8.05. The summed E-state index contributed by atoms with van der Waals surface area (Å²) in [5, 5.41) is 0.961. The van der Waals surface area contributed by atoms with Gasteiger partial charge in [-0.25, -0.2) is 0 Å². The van der Waals surface area contributed by atoms with Crippen LogP contribution in [0.1, 0.15) is 61.1 Å². The van der Waals surface area contributed by atoms with E-state index in [2.05, 4.69) is 4.90 Å². The number of aryl methyl sites for hydroxylation is 1. The molecule has 0 saturated carbocycles. The Kier molecular flexibility index (Phi) is 5.50. The first-order valence-corrected chi connectivity index (χ1v) is 8.99. The molecule has 0 radical (unpaired) electrons. The number of fused-ring (bicyclic) bond motifs is 1. The number of ketones is 1. The number of para-hydroxylation sites is 1. The number of Topliss-reactive ketones (excluding diaryl/α,β-unsaturated/α-hetero) is 1. The first kappa shape index (κ1) is 16.3. The van der Waals surface area contributed by atoms with Gasteiger partial charge in [0.2, 0.25) is 0 Å². The maximum atomic E-state index is 12.5. The summed E-state index contributed by atoms with van der Waals surface area (Å²) >= 11 is 0. The SMILES string of the molecule is Cc1oc2ccccc2c1C(=O)CCCCCN1CCCCC1. The molecule has 0 atom stereocenters. The van der Waals surface area contributed by atoms with Gasteiger partial charge in [0.05, 0.1) is 5.56 Å². The third kappa shape index (κ3) is 4.03. The monoisotopic (exact) mass is 313 g/mol. The van der Waals surface area contributed by atoms with Crippen LogP contribution in [0.3, 0.4) is 0 Å². The van der Waals surface area contributed by atoms with E-state index in [9.17, 15) is 4.79 Å². The summed E-state index contributed by atoms with van der Waals surface area (Å²) in [6.45, 7) is 5.61. The number of hydrogen-bond donors (Lipinski definition) is 0. The highest BCUT2D eigenvalue weighted by Crippen LogP contribution is 2.26. The van der Waals surface area contributed by atoms with Gasteiger partial charge in [0, 0.05) is 11.8 Å². The summed E-state index contributed by atoms with van der Waals surface area (Å²) in [4.78, 5) is 15.1. The minimum absolute atomic E-state index is 0.227. The Morgan fingerprint density at radius 1 is 1.09 bits per heavy atom. The number of unbranched alkanes of at least 4 members (excludes halogenated alkanes) is 2. The lowest BCUT2D eigenvalue weighted by molar-refractivity contribution is 0.0978. The minimum atomic E-state index is 0.227. The molecule has 1 aliphatic rings. The van der Waals surface area contributed by atoms with Crippen molar-refractivity contribution in [2.45, 2.75) is 51.9 Å². The molecule has 23 heavy (non-hydrogen) atoms. The van der Waals surface area contributed by atoms with Gasteiger partial charge >= 0.3 is 0 Å². The highest BCUT2D eigenvalue weighted by atomic mass is 16.3. The summed E-state index contributed by atoms with van der Waals surface area (Å²) in [6, 6.07) is 7.82. The predicted molar refractivity (Wildman–Crippen MR) is 94.0 cm³/mol. The van der Waals surface area contributed by atoms with Gasteiger partial charge in [0.25, 0.3) is 0 Å². The lowest BCUT2D eigenvalue weighted by atomic mass is 10.0. The van der Waals surface area contributed by atoms with E-state index in [0.29, 0.717) is 6.42 Å². The quantitative estimate of drug-likeness (QED) is 0.534. The molecule has 3 heteroatoms. The molecule has 0 N–H and O–H groups in total. The molecule has 0 unspecified atom stereocenters. The van der Waals surface area contributed by atoms with Crippen LogP contribution in [0.5, 0.6) is 0 Å². The molecule has 1 saturated heterocycles. The van der Waals surface area contributed by atoms with Gasteiger partial charge in [0.15, 0.2) is 5.78 Å². The maximum Gasteiger partial charge on any atom is 0.167 e. The second kappa shape index (κ2) is 7.78. The van der Waals surface area contributed by atoms with Crippen molar-refractivity contribution >= 4 is 16.8 Å². The fourth-order valence-electron chi connectivity index (χ4n) is 3.62. The molecular formula is C20H27NO2. The molecule has 3 nitrogen and oxygen atoms in total. The van der Waals surface area contributed by atoms with Gasteiger partial charge in [0.1, 0.15) is 11.3 Å². The Labute approximate surface area is 138 Å². The largest absolute Gasteiger partial charge is 0.461 e. The molecule has 1 fully saturated rings. The van der Waals surface area contributed by atoms with Crippen molar-refractivity contribution in [3.05, 3.63) is 35.6 Å². The Hall–Kier alpha value is -1.61. The zero-order chi connectivity index (χ0) is 16.1. The van der Waals surface area contributed by atoms with Gasteiger partial charge < -0.3 is 9.32 Å². The average Bonchev–Trinajstić information content (AvgIpc) is 2.91. The molecule has 2 heterocycles. The lowest BCUT2D eigenvalue weighted by Gasteiger charge is -2.26. The zero-order valence-electron chi connectivity index (χ0n) is 14.1.